The van der Waals surface area contributed by atoms with Gasteiger partial charge in [-0.2, -0.15) is 5.10 Å². The molecule has 92 valence electrons. The summed E-state index contributed by atoms with van der Waals surface area (Å²) >= 11 is 0. The minimum Gasteiger partial charge on any atom is -0.308 e. The van der Waals surface area contributed by atoms with Crippen LogP contribution in [0.4, 0.5) is 5.82 Å². The van der Waals surface area contributed by atoms with E-state index in [1.54, 1.807) is 4.68 Å². The van der Waals surface area contributed by atoms with E-state index in [0.29, 0.717) is 6.04 Å². The van der Waals surface area contributed by atoms with Crippen molar-refractivity contribution < 1.29 is 0 Å². The van der Waals surface area contributed by atoms with Crippen molar-refractivity contribution in [2.24, 2.45) is 12.9 Å². The molecule has 1 heterocycles. The van der Waals surface area contributed by atoms with E-state index in [-0.39, 0.29) is 0 Å². The zero-order valence-electron chi connectivity index (χ0n) is 10.9. The number of hydrogen-bond donors (Lipinski definition) is 2. The molecule has 0 unspecified atom stereocenters. The highest BCUT2D eigenvalue weighted by molar-refractivity contribution is 5.46. The zero-order valence-corrected chi connectivity index (χ0v) is 10.9. The lowest BCUT2D eigenvalue weighted by atomic mass is 10.2. The highest BCUT2D eigenvalue weighted by Crippen LogP contribution is 2.20. The van der Waals surface area contributed by atoms with Crippen molar-refractivity contribution in [2.45, 2.75) is 40.3 Å². The molecule has 1 aromatic heterocycles. The van der Waals surface area contributed by atoms with Gasteiger partial charge in [-0.15, -0.1) is 0 Å². The Bertz CT molecular complexity index is 342. The molecule has 0 aliphatic rings. The van der Waals surface area contributed by atoms with Gasteiger partial charge in [0.25, 0.3) is 0 Å². The van der Waals surface area contributed by atoms with Gasteiger partial charge in [0.1, 0.15) is 5.82 Å². The van der Waals surface area contributed by atoms with Gasteiger partial charge < -0.3 is 5.43 Å². The molecule has 0 radical (unpaired) electrons. The lowest BCUT2D eigenvalue weighted by Crippen LogP contribution is -2.30. The Morgan fingerprint density at radius 1 is 1.50 bits per heavy atom. The second-order valence-corrected chi connectivity index (χ2v) is 4.34. The largest absolute Gasteiger partial charge is 0.308 e. The Hall–Kier alpha value is -1.07. The third-order valence-corrected chi connectivity index (χ3v) is 2.98. The Morgan fingerprint density at radius 2 is 2.12 bits per heavy atom. The predicted molar refractivity (Wildman–Crippen MR) is 67.0 cm³/mol. The van der Waals surface area contributed by atoms with E-state index in [9.17, 15) is 0 Å². The molecule has 0 fully saturated rings. The number of rotatable bonds is 5. The smallest absolute Gasteiger partial charge is 0.142 e. The SMILES string of the molecule is CCN(Cc1c(C)nn(C)c1NN)C(C)C. The van der Waals surface area contributed by atoms with Crippen LogP contribution in [0.15, 0.2) is 0 Å². The minimum atomic E-state index is 0.523. The molecule has 0 amide bonds. The van der Waals surface area contributed by atoms with Gasteiger partial charge in [-0.1, -0.05) is 6.92 Å². The number of nitrogens with one attached hydrogen (secondary N) is 1. The Labute approximate surface area is 97.6 Å². The van der Waals surface area contributed by atoms with Crippen molar-refractivity contribution in [3.63, 3.8) is 0 Å². The zero-order chi connectivity index (χ0) is 12.3. The molecule has 5 nitrogen and oxygen atoms in total. The van der Waals surface area contributed by atoms with Crippen molar-refractivity contribution in [3.8, 4) is 0 Å². The van der Waals surface area contributed by atoms with Crippen molar-refractivity contribution in [3.05, 3.63) is 11.3 Å². The average Bonchev–Trinajstić information content (AvgIpc) is 2.48. The first-order valence-electron chi connectivity index (χ1n) is 5.74. The summed E-state index contributed by atoms with van der Waals surface area (Å²) < 4.78 is 1.79. The Kier molecular flexibility index (Phi) is 4.32. The van der Waals surface area contributed by atoms with Crippen molar-refractivity contribution in [1.82, 2.24) is 14.7 Å². The molecule has 0 aromatic carbocycles. The van der Waals surface area contributed by atoms with E-state index >= 15 is 0 Å². The minimum absolute atomic E-state index is 0.523. The Morgan fingerprint density at radius 3 is 2.56 bits per heavy atom. The van der Waals surface area contributed by atoms with Crippen molar-refractivity contribution >= 4 is 5.82 Å². The number of anilines is 1. The molecular weight excluding hydrogens is 202 g/mol. The fourth-order valence-electron chi connectivity index (χ4n) is 1.93. The number of nitrogen functional groups attached to an aromatic ring is 1. The van der Waals surface area contributed by atoms with E-state index < -0.39 is 0 Å². The fourth-order valence-corrected chi connectivity index (χ4v) is 1.93. The third-order valence-electron chi connectivity index (χ3n) is 2.98. The summed E-state index contributed by atoms with van der Waals surface area (Å²) in [6.07, 6.45) is 0. The molecule has 1 aromatic rings. The van der Waals surface area contributed by atoms with E-state index in [1.165, 1.54) is 5.56 Å². The predicted octanol–water partition coefficient (Wildman–Crippen LogP) is 1.24. The lowest BCUT2D eigenvalue weighted by Gasteiger charge is -2.24. The second-order valence-electron chi connectivity index (χ2n) is 4.34. The van der Waals surface area contributed by atoms with Crippen LogP contribution in [0.25, 0.3) is 0 Å². The Balaban J connectivity index is 2.95. The van der Waals surface area contributed by atoms with Crippen LogP contribution in [0, 0.1) is 6.92 Å². The van der Waals surface area contributed by atoms with Crippen LogP contribution in [0.3, 0.4) is 0 Å². The molecular formula is C11H23N5. The molecule has 5 heteroatoms. The van der Waals surface area contributed by atoms with Crippen LogP contribution < -0.4 is 11.3 Å². The molecule has 0 spiro atoms. The molecule has 0 atom stereocenters. The molecule has 0 aliphatic carbocycles. The van der Waals surface area contributed by atoms with Gasteiger partial charge in [0, 0.05) is 25.2 Å². The number of nitrogens with zero attached hydrogens (tertiary/aromatic N) is 3. The van der Waals surface area contributed by atoms with Crippen LogP contribution in [0.5, 0.6) is 0 Å². The van der Waals surface area contributed by atoms with Crippen LogP contribution in [0.1, 0.15) is 32.0 Å². The first kappa shape index (κ1) is 13.0. The summed E-state index contributed by atoms with van der Waals surface area (Å²) in [5, 5.41) is 4.38. The molecule has 3 N–H and O–H groups in total. The summed E-state index contributed by atoms with van der Waals surface area (Å²) in [7, 11) is 1.90. The van der Waals surface area contributed by atoms with E-state index in [1.807, 2.05) is 14.0 Å². The maximum Gasteiger partial charge on any atom is 0.142 e. The normalized spacial score (nSPS) is 11.5. The summed E-state index contributed by atoms with van der Waals surface area (Å²) in [6.45, 7) is 10.5. The average molecular weight is 225 g/mol. The van der Waals surface area contributed by atoms with Crippen LogP contribution in [-0.2, 0) is 13.6 Å². The number of aromatic nitrogens is 2. The summed E-state index contributed by atoms with van der Waals surface area (Å²) in [4.78, 5) is 2.38. The molecule has 0 saturated heterocycles. The maximum atomic E-state index is 5.53. The standard InChI is InChI=1S/C11H23N5/c1-6-16(8(2)3)7-10-9(4)14-15(5)11(10)13-12/h8,13H,6-7,12H2,1-5H3. The number of hydrazine groups is 1. The molecule has 0 aliphatic heterocycles. The van der Waals surface area contributed by atoms with Gasteiger partial charge in [0.15, 0.2) is 0 Å². The van der Waals surface area contributed by atoms with E-state index in [4.69, 9.17) is 5.84 Å². The molecule has 0 bridgehead atoms. The molecule has 0 saturated carbocycles. The highest BCUT2D eigenvalue weighted by Gasteiger charge is 2.16. The summed E-state index contributed by atoms with van der Waals surface area (Å²) in [5.74, 6) is 6.43. The van der Waals surface area contributed by atoms with Crippen molar-refractivity contribution in [2.75, 3.05) is 12.0 Å². The monoisotopic (exact) mass is 225 g/mol. The van der Waals surface area contributed by atoms with Crippen LogP contribution >= 0.6 is 0 Å². The molecule has 1 rings (SSSR count). The van der Waals surface area contributed by atoms with Gasteiger partial charge >= 0.3 is 0 Å². The number of nitrogens with two attached hydrogens (primary N) is 1. The fraction of sp³-hybridized carbons (Fsp3) is 0.727. The second kappa shape index (κ2) is 5.32. The van der Waals surface area contributed by atoms with Gasteiger partial charge in [-0.25, -0.2) is 5.84 Å². The van der Waals surface area contributed by atoms with E-state index in [2.05, 4.69) is 36.2 Å². The number of hydrogen-bond acceptors (Lipinski definition) is 4. The lowest BCUT2D eigenvalue weighted by molar-refractivity contribution is 0.225. The molecule has 16 heavy (non-hydrogen) atoms. The van der Waals surface area contributed by atoms with Crippen molar-refractivity contribution in [1.29, 1.82) is 0 Å². The quantitative estimate of drug-likeness (QED) is 0.585. The van der Waals surface area contributed by atoms with Gasteiger partial charge in [0.05, 0.1) is 5.69 Å². The van der Waals surface area contributed by atoms with Gasteiger partial charge in [0.2, 0.25) is 0 Å². The summed E-state index contributed by atoms with van der Waals surface area (Å²) in [6, 6.07) is 0.523. The van der Waals surface area contributed by atoms with Crippen LogP contribution in [-0.4, -0.2) is 27.3 Å². The van der Waals surface area contributed by atoms with Gasteiger partial charge in [-0.3, -0.25) is 9.58 Å². The van der Waals surface area contributed by atoms with E-state index in [0.717, 1.165) is 24.6 Å². The maximum absolute atomic E-state index is 5.53. The first-order chi connectivity index (χ1) is 7.51. The highest BCUT2D eigenvalue weighted by atomic mass is 15.4. The van der Waals surface area contributed by atoms with Gasteiger partial charge in [-0.05, 0) is 27.3 Å². The first-order valence-corrected chi connectivity index (χ1v) is 5.74. The third kappa shape index (κ3) is 2.54. The number of aryl methyl sites for hydroxylation is 2. The topological polar surface area (TPSA) is 59.1 Å². The summed E-state index contributed by atoms with van der Waals surface area (Å²) in [5.41, 5.74) is 4.94. The van der Waals surface area contributed by atoms with Crippen LogP contribution in [0.2, 0.25) is 0 Å².